The van der Waals surface area contributed by atoms with Crippen LogP contribution < -0.4 is 4.90 Å². The Labute approximate surface area is 199 Å². The molecule has 0 bridgehead atoms. The minimum Gasteiger partial charge on any atom is -0.383 e. The SMILES string of the molecule is COC[C@@H]1CN(c2ccc(Cl)cc2)[C@@H](c2ccc(Cl)cc2Cl)CN1Cc1ccccc1. The van der Waals surface area contributed by atoms with Gasteiger partial charge in [-0.2, -0.15) is 0 Å². The lowest BCUT2D eigenvalue weighted by molar-refractivity contribution is 0.0644. The van der Waals surface area contributed by atoms with Crippen molar-refractivity contribution < 1.29 is 4.74 Å². The summed E-state index contributed by atoms with van der Waals surface area (Å²) in [5.41, 5.74) is 3.46. The van der Waals surface area contributed by atoms with Crippen LogP contribution in [0.15, 0.2) is 72.8 Å². The number of hydrogen-bond acceptors (Lipinski definition) is 3. The third-order valence-electron chi connectivity index (χ3n) is 5.77. The second-order valence-electron chi connectivity index (χ2n) is 7.83. The van der Waals surface area contributed by atoms with E-state index in [0.29, 0.717) is 16.7 Å². The second kappa shape index (κ2) is 10.2. The van der Waals surface area contributed by atoms with Crippen LogP contribution in [0.2, 0.25) is 15.1 Å². The summed E-state index contributed by atoms with van der Waals surface area (Å²) in [4.78, 5) is 4.89. The van der Waals surface area contributed by atoms with Crippen LogP contribution in [0.5, 0.6) is 0 Å². The van der Waals surface area contributed by atoms with Crippen molar-refractivity contribution in [3.63, 3.8) is 0 Å². The summed E-state index contributed by atoms with van der Waals surface area (Å²) in [6, 6.07) is 24.6. The van der Waals surface area contributed by atoms with Gasteiger partial charge in [0.15, 0.2) is 0 Å². The lowest BCUT2D eigenvalue weighted by Crippen LogP contribution is -2.56. The molecule has 1 aliphatic rings. The Balaban J connectivity index is 1.71. The van der Waals surface area contributed by atoms with Gasteiger partial charge in [0.2, 0.25) is 0 Å². The molecule has 0 spiro atoms. The third kappa shape index (κ3) is 5.36. The predicted octanol–water partition coefficient (Wildman–Crippen LogP) is 6.73. The van der Waals surface area contributed by atoms with Gasteiger partial charge in [-0.1, -0.05) is 71.2 Å². The van der Waals surface area contributed by atoms with Crippen LogP contribution in [0.25, 0.3) is 0 Å². The molecule has 2 atom stereocenters. The standard InChI is InChI=1S/C25H25Cl3N2O/c1-31-17-22-15-30(21-10-7-19(26)8-11-21)25(23-12-9-20(27)13-24(23)28)16-29(22)14-18-5-3-2-4-6-18/h2-13,22,25H,14-17H2,1H3/t22-,25+/m0/s1. The Morgan fingerprint density at radius 3 is 2.26 bits per heavy atom. The number of piperazine rings is 1. The van der Waals surface area contributed by atoms with Crippen LogP contribution in [0.3, 0.4) is 0 Å². The summed E-state index contributed by atoms with van der Waals surface area (Å²) in [5, 5.41) is 2.04. The maximum atomic E-state index is 6.67. The molecule has 6 heteroatoms. The third-order valence-corrected chi connectivity index (χ3v) is 6.59. The van der Waals surface area contributed by atoms with E-state index in [-0.39, 0.29) is 12.1 Å². The molecule has 31 heavy (non-hydrogen) atoms. The van der Waals surface area contributed by atoms with Crippen molar-refractivity contribution >= 4 is 40.5 Å². The summed E-state index contributed by atoms with van der Waals surface area (Å²) in [7, 11) is 1.76. The van der Waals surface area contributed by atoms with Crippen LogP contribution in [0, 0.1) is 0 Å². The summed E-state index contributed by atoms with van der Waals surface area (Å²) in [5.74, 6) is 0. The molecule has 0 N–H and O–H groups in total. The first-order chi connectivity index (χ1) is 15.0. The molecule has 1 aliphatic heterocycles. The van der Waals surface area contributed by atoms with Crippen LogP contribution in [0.4, 0.5) is 5.69 Å². The largest absolute Gasteiger partial charge is 0.383 e. The highest BCUT2D eigenvalue weighted by Gasteiger charge is 2.35. The normalized spacial score (nSPS) is 19.5. The highest BCUT2D eigenvalue weighted by Crippen LogP contribution is 2.37. The number of hydrogen-bond donors (Lipinski definition) is 0. The number of nitrogens with zero attached hydrogens (tertiary/aromatic N) is 2. The quantitative estimate of drug-likeness (QED) is 0.393. The van der Waals surface area contributed by atoms with E-state index < -0.39 is 0 Å². The first-order valence-electron chi connectivity index (χ1n) is 10.3. The maximum absolute atomic E-state index is 6.67. The lowest BCUT2D eigenvalue weighted by atomic mass is 9.97. The van der Waals surface area contributed by atoms with Gasteiger partial charge >= 0.3 is 0 Å². The summed E-state index contributed by atoms with van der Waals surface area (Å²) in [6.07, 6.45) is 0. The van der Waals surface area contributed by atoms with E-state index in [1.807, 2.05) is 36.4 Å². The number of methoxy groups -OCH3 is 1. The molecule has 1 heterocycles. The maximum Gasteiger partial charge on any atom is 0.0685 e. The zero-order valence-corrected chi connectivity index (χ0v) is 19.6. The average Bonchev–Trinajstić information content (AvgIpc) is 2.76. The van der Waals surface area contributed by atoms with Crippen LogP contribution >= 0.6 is 34.8 Å². The summed E-state index contributed by atoms with van der Waals surface area (Å²) < 4.78 is 5.60. The molecule has 3 nitrogen and oxygen atoms in total. The molecule has 0 saturated carbocycles. The molecule has 3 aromatic rings. The Morgan fingerprint density at radius 1 is 0.871 bits per heavy atom. The van der Waals surface area contributed by atoms with E-state index in [4.69, 9.17) is 39.5 Å². The highest BCUT2D eigenvalue weighted by molar-refractivity contribution is 6.35. The predicted molar refractivity (Wildman–Crippen MR) is 131 cm³/mol. The van der Waals surface area contributed by atoms with Gasteiger partial charge in [0, 0.05) is 47.5 Å². The number of rotatable bonds is 6. The van der Waals surface area contributed by atoms with E-state index in [9.17, 15) is 0 Å². The van der Waals surface area contributed by atoms with Crippen LogP contribution in [-0.4, -0.2) is 37.7 Å². The molecule has 4 rings (SSSR count). The smallest absolute Gasteiger partial charge is 0.0685 e. The van der Waals surface area contributed by atoms with Gasteiger partial charge in [0.25, 0.3) is 0 Å². The highest BCUT2D eigenvalue weighted by atomic mass is 35.5. The fourth-order valence-electron chi connectivity index (χ4n) is 4.26. The van der Waals surface area contributed by atoms with Crippen LogP contribution in [-0.2, 0) is 11.3 Å². The monoisotopic (exact) mass is 474 g/mol. The molecule has 162 valence electrons. The molecule has 1 fully saturated rings. The molecule has 0 radical (unpaired) electrons. The van der Waals surface area contributed by atoms with Gasteiger partial charge in [0.1, 0.15) is 0 Å². The van der Waals surface area contributed by atoms with E-state index >= 15 is 0 Å². The van der Waals surface area contributed by atoms with Crippen molar-refractivity contribution in [1.29, 1.82) is 0 Å². The molecular weight excluding hydrogens is 451 g/mol. The van der Waals surface area contributed by atoms with Gasteiger partial charge in [0.05, 0.1) is 18.7 Å². The second-order valence-corrected chi connectivity index (χ2v) is 9.11. The Bertz CT molecular complexity index is 997. The zero-order valence-electron chi connectivity index (χ0n) is 17.3. The molecule has 1 saturated heterocycles. The van der Waals surface area contributed by atoms with Crippen molar-refractivity contribution in [2.75, 3.05) is 31.7 Å². The summed E-state index contributed by atoms with van der Waals surface area (Å²) in [6.45, 7) is 3.13. The number of halogens is 3. The van der Waals surface area contributed by atoms with Crippen molar-refractivity contribution in [3.05, 3.63) is 99.0 Å². The van der Waals surface area contributed by atoms with Crippen molar-refractivity contribution in [2.24, 2.45) is 0 Å². The van der Waals surface area contributed by atoms with E-state index in [0.717, 1.165) is 35.9 Å². The van der Waals surface area contributed by atoms with Crippen molar-refractivity contribution in [2.45, 2.75) is 18.6 Å². The zero-order chi connectivity index (χ0) is 21.8. The molecule has 0 aromatic heterocycles. The van der Waals surface area contributed by atoms with Crippen LogP contribution in [0.1, 0.15) is 17.2 Å². The van der Waals surface area contributed by atoms with E-state index in [1.54, 1.807) is 7.11 Å². The van der Waals surface area contributed by atoms with Gasteiger partial charge < -0.3 is 9.64 Å². The van der Waals surface area contributed by atoms with E-state index in [2.05, 4.69) is 46.2 Å². The molecule has 0 amide bonds. The molecular formula is C25H25Cl3N2O. The van der Waals surface area contributed by atoms with Gasteiger partial charge in [-0.05, 0) is 47.5 Å². The van der Waals surface area contributed by atoms with Crippen molar-refractivity contribution in [3.8, 4) is 0 Å². The average molecular weight is 476 g/mol. The van der Waals surface area contributed by atoms with Gasteiger partial charge in [-0.25, -0.2) is 0 Å². The minimum absolute atomic E-state index is 0.0720. The first-order valence-corrected chi connectivity index (χ1v) is 11.4. The Hall–Kier alpha value is -1.75. The lowest BCUT2D eigenvalue weighted by Gasteiger charge is -2.48. The number of anilines is 1. The number of benzene rings is 3. The molecule has 0 aliphatic carbocycles. The Kier molecular flexibility index (Phi) is 7.42. The number of ether oxygens (including phenoxy) is 1. The Morgan fingerprint density at radius 2 is 1.58 bits per heavy atom. The summed E-state index contributed by atoms with van der Waals surface area (Å²) >= 11 is 19.0. The van der Waals surface area contributed by atoms with Crippen molar-refractivity contribution in [1.82, 2.24) is 4.90 Å². The molecule has 0 unspecified atom stereocenters. The minimum atomic E-state index is 0.0720. The molecule has 3 aromatic carbocycles. The van der Waals surface area contributed by atoms with E-state index in [1.165, 1.54) is 5.56 Å². The fraction of sp³-hybridized carbons (Fsp3) is 0.280. The fourth-order valence-corrected chi connectivity index (χ4v) is 4.92. The van der Waals surface area contributed by atoms with Gasteiger partial charge in [-0.3, -0.25) is 4.90 Å². The first kappa shape index (κ1) is 22.4. The van der Waals surface area contributed by atoms with Gasteiger partial charge in [-0.15, -0.1) is 0 Å². The topological polar surface area (TPSA) is 15.7 Å².